The summed E-state index contributed by atoms with van der Waals surface area (Å²) in [4.78, 5) is 16.1. The molecule has 1 aromatic carbocycles. The second-order valence-electron chi connectivity index (χ2n) is 3.55. The predicted molar refractivity (Wildman–Crippen MR) is 65.5 cm³/mol. The second-order valence-corrected chi connectivity index (χ2v) is 3.55. The Morgan fingerprint density at radius 1 is 1.31 bits per heavy atom. The molecular formula is C14H13NO. The summed E-state index contributed by atoms with van der Waals surface area (Å²) in [5.74, 6) is 0.0421. The SMILES string of the molecule is CC/C=C/C(=O)c1cccc2ncccc12. The zero-order chi connectivity index (χ0) is 11.4. The zero-order valence-electron chi connectivity index (χ0n) is 9.18. The highest BCUT2D eigenvalue weighted by atomic mass is 16.1. The van der Waals surface area contributed by atoms with Gasteiger partial charge in [-0.05, 0) is 24.6 Å². The van der Waals surface area contributed by atoms with Gasteiger partial charge in [-0.1, -0.05) is 31.2 Å². The van der Waals surface area contributed by atoms with Crippen molar-refractivity contribution in [3.8, 4) is 0 Å². The van der Waals surface area contributed by atoms with Gasteiger partial charge in [-0.3, -0.25) is 9.78 Å². The number of fused-ring (bicyclic) bond motifs is 1. The van der Waals surface area contributed by atoms with Crippen LogP contribution in [0, 0.1) is 0 Å². The lowest BCUT2D eigenvalue weighted by Gasteiger charge is -2.01. The van der Waals surface area contributed by atoms with Crippen LogP contribution < -0.4 is 0 Å². The first kappa shape index (κ1) is 10.6. The molecule has 1 aromatic heterocycles. The van der Waals surface area contributed by atoms with Crippen LogP contribution in [0.5, 0.6) is 0 Å². The van der Waals surface area contributed by atoms with Crippen LogP contribution in [-0.2, 0) is 0 Å². The summed E-state index contributed by atoms with van der Waals surface area (Å²) < 4.78 is 0. The quantitative estimate of drug-likeness (QED) is 0.575. The van der Waals surface area contributed by atoms with Gasteiger partial charge in [0.05, 0.1) is 5.52 Å². The number of ketones is 1. The molecule has 2 rings (SSSR count). The first-order valence-electron chi connectivity index (χ1n) is 5.37. The molecule has 0 aliphatic heterocycles. The number of allylic oxidation sites excluding steroid dienone is 2. The topological polar surface area (TPSA) is 30.0 Å². The van der Waals surface area contributed by atoms with Crippen LogP contribution in [0.3, 0.4) is 0 Å². The summed E-state index contributed by atoms with van der Waals surface area (Å²) in [6.07, 6.45) is 6.10. The van der Waals surface area contributed by atoms with E-state index in [0.717, 1.165) is 22.9 Å². The van der Waals surface area contributed by atoms with E-state index in [4.69, 9.17) is 0 Å². The van der Waals surface area contributed by atoms with E-state index in [1.165, 1.54) is 0 Å². The standard InChI is InChI=1S/C14H13NO/c1-2-3-9-14(16)12-6-4-8-13-11(12)7-5-10-15-13/h3-10H,2H2,1H3/b9-3+. The van der Waals surface area contributed by atoms with Gasteiger partial charge in [0, 0.05) is 17.1 Å². The summed E-state index contributed by atoms with van der Waals surface area (Å²) in [7, 11) is 0. The number of nitrogens with zero attached hydrogens (tertiary/aromatic N) is 1. The Morgan fingerprint density at radius 3 is 3.00 bits per heavy atom. The molecule has 0 aliphatic carbocycles. The third-order valence-electron chi connectivity index (χ3n) is 2.42. The van der Waals surface area contributed by atoms with Crippen molar-refractivity contribution in [3.63, 3.8) is 0 Å². The Balaban J connectivity index is 2.52. The molecule has 0 spiro atoms. The molecule has 0 amide bonds. The third kappa shape index (κ3) is 2.01. The minimum Gasteiger partial charge on any atom is -0.289 e. The van der Waals surface area contributed by atoms with E-state index in [-0.39, 0.29) is 5.78 Å². The minimum absolute atomic E-state index is 0.0421. The molecule has 2 nitrogen and oxygen atoms in total. The van der Waals surface area contributed by atoms with E-state index in [1.807, 2.05) is 43.3 Å². The fourth-order valence-corrected chi connectivity index (χ4v) is 1.63. The van der Waals surface area contributed by atoms with E-state index in [1.54, 1.807) is 12.3 Å². The van der Waals surface area contributed by atoms with E-state index in [9.17, 15) is 4.79 Å². The van der Waals surface area contributed by atoms with Crippen LogP contribution >= 0.6 is 0 Å². The molecule has 0 radical (unpaired) electrons. The van der Waals surface area contributed by atoms with Gasteiger partial charge in [0.2, 0.25) is 0 Å². The van der Waals surface area contributed by atoms with Crippen molar-refractivity contribution in [1.29, 1.82) is 0 Å². The van der Waals surface area contributed by atoms with Crippen molar-refractivity contribution in [2.45, 2.75) is 13.3 Å². The summed E-state index contributed by atoms with van der Waals surface area (Å²) in [5, 5.41) is 0.913. The molecular weight excluding hydrogens is 198 g/mol. The van der Waals surface area contributed by atoms with Crippen LogP contribution in [0.2, 0.25) is 0 Å². The molecule has 0 aliphatic rings. The first-order valence-corrected chi connectivity index (χ1v) is 5.37. The Hall–Kier alpha value is -1.96. The molecule has 1 heterocycles. The van der Waals surface area contributed by atoms with Crippen LogP contribution in [-0.4, -0.2) is 10.8 Å². The average molecular weight is 211 g/mol. The van der Waals surface area contributed by atoms with Gasteiger partial charge in [-0.15, -0.1) is 0 Å². The van der Waals surface area contributed by atoms with E-state index >= 15 is 0 Å². The van der Waals surface area contributed by atoms with Crippen LogP contribution in [0.1, 0.15) is 23.7 Å². The molecule has 0 saturated heterocycles. The minimum atomic E-state index is 0.0421. The Bertz CT molecular complexity index is 538. The molecule has 2 aromatic rings. The van der Waals surface area contributed by atoms with E-state index < -0.39 is 0 Å². The van der Waals surface area contributed by atoms with Crippen molar-refractivity contribution in [2.24, 2.45) is 0 Å². The third-order valence-corrected chi connectivity index (χ3v) is 2.42. The number of rotatable bonds is 3. The molecule has 0 fully saturated rings. The first-order chi connectivity index (χ1) is 7.83. The van der Waals surface area contributed by atoms with Crippen molar-refractivity contribution in [1.82, 2.24) is 4.98 Å². The lowest BCUT2D eigenvalue weighted by Crippen LogP contribution is -1.96. The van der Waals surface area contributed by atoms with Crippen LogP contribution in [0.25, 0.3) is 10.9 Å². The number of hydrogen-bond donors (Lipinski definition) is 0. The molecule has 2 heteroatoms. The van der Waals surface area contributed by atoms with E-state index in [0.29, 0.717) is 0 Å². The molecule has 16 heavy (non-hydrogen) atoms. The molecule has 0 N–H and O–H groups in total. The van der Waals surface area contributed by atoms with Crippen LogP contribution in [0.15, 0.2) is 48.7 Å². The summed E-state index contributed by atoms with van der Waals surface area (Å²) in [5.41, 5.74) is 1.58. The smallest absolute Gasteiger partial charge is 0.186 e. The van der Waals surface area contributed by atoms with Gasteiger partial charge >= 0.3 is 0 Å². The summed E-state index contributed by atoms with van der Waals surface area (Å²) in [6.45, 7) is 2.01. The largest absolute Gasteiger partial charge is 0.289 e. The fraction of sp³-hybridized carbons (Fsp3) is 0.143. The van der Waals surface area contributed by atoms with Gasteiger partial charge in [-0.25, -0.2) is 0 Å². The van der Waals surface area contributed by atoms with Crippen molar-refractivity contribution >= 4 is 16.7 Å². The highest BCUT2D eigenvalue weighted by Crippen LogP contribution is 2.17. The predicted octanol–water partition coefficient (Wildman–Crippen LogP) is 3.38. The van der Waals surface area contributed by atoms with Crippen molar-refractivity contribution < 1.29 is 4.79 Å². The van der Waals surface area contributed by atoms with Gasteiger partial charge in [0.15, 0.2) is 5.78 Å². The average Bonchev–Trinajstić information content (AvgIpc) is 2.35. The molecule has 0 saturated carbocycles. The molecule has 0 atom stereocenters. The maximum Gasteiger partial charge on any atom is 0.186 e. The second kappa shape index (κ2) is 4.71. The number of carbonyl (C=O) groups excluding carboxylic acids is 1. The monoisotopic (exact) mass is 211 g/mol. The maximum absolute atomic E-state index is 11.9. The summed E-state index contributed by atoms with van der Waals surface area (Å²) >= 11 is 0. The highest BCUT2D eigenvalue weighted by molar-refractivity contribution is 6.12. The number of hydrogen-bond acceptors (Lipinski definition) is 2. The van der Waals surface area contributed by atoms with Gasteiger partial charge in [-0.2, -0.15) is 0 Å². The van der Waals surface area contributed by atoms with Gasteiger partial charge < -0.3 is 0 Å². The van der Waals surface area contributed by atoms with Gasteiger partial charge in [0.25, 0.3) is 0 Å². The van der Waals surface area contributed by atoms with Crippen LogP contribution in [0.4, 0.5) is 0 Å². The number of pyridine rings is 1. The van der Waals surface area contributed by atoms with Crippen molar-refractivity contribution in [3.05, 3.63) is 54.2 Å². The molecule has 0 bridgehead atoms. The number of aromatic nitrogens is 1. The Kier molecular flexibility index (Phi) is 3.10. The maximum atomic E-state index is 11.9. The number of carbonyl (C=O) groups is 1. The van der Waals surface area contributed by atoms with E-state index in [2.05, 4.69) is 4.98 Å². The zero-order valence-corrected chi connectivity index (χ0v) is 9.18. The fourth-order valence-electron chi connectivity index (χ4n) is 1.63. The Labute approximate surface area is 94.6 Å². The van der Waals surface area contributed by atoms with Crippen molar-refractivity contribution in [2.75, 3.05) is 0 Å². The lowest BCUT2D eigenvalue weighted by atomic mass is 10.0. The number of benzene rings is 1. The molecule has 0 unspecified atom stereocenters. The Morgan fingerprint density at radius 2 is 2.19 bits per heavy atom. The normalized spacial score (nSPS) is 11.1. The molecule has 80 valence electrons. The van der Waals surface area contributed by atoms with Gasteiger partial charge in [0.1, 0.15) is 0 Å². The highest BCUT2D eigenvalue weighted by Gasteiger charge is 2.06. The summed E-state index contributed by atoms with van der Waals surface area (Å²) in [6, 6.07) is 9.39. The lowest BCUT2D eigenvalue weighted by molar-refractivity contribution is 0.104.